The van der Waals surface area contributed by atoms with Gasteiger partial charge in [-0.05, 0) is 31.4 Å². The molecule has 1 aliphatic rings. The van der Waals surface area contributed by atoms with Gasteiger partial charge in [0.25, 0.3) is 0 Å². The number of anilines is 3. The summed E-state index contributed by atoms with van der Waals surface area (Å²) in [6, 6.07) is 8.48. The molecule has 2 aromatic rings. The minimum atomic E-state index is 0.547. The van der Waals surface area contributed by atoms with E-state index in [1.54, 1.807) is 0 Å². The summed E-state index contributed by atoms with van der Waals surface area (Å²) in [5.41, 5.74) is 9.86. The summed E-state index contributed by atoms with van der Waals surface area (Å²) in [6.07, 6.45) is 3.07. The Bertz CT molecular complexity index is 636. The number of benzene rings is 1. The fourth-order valence-corrected chi connectivity index (χ4v) is 2.76. The second kappa shape index (κ2) is 5.12. The number of fused-ring (bicyclic) bond motifs is 1. The van der Waals surface area contributed by atoms with Gasteiger partial charge in [-0.25, -0.2) is 9.97 Å². The third kappa shape index (κ3) is 2.33. The fourth-order valence-electron chi connectivity index (χ4n) is 2.76. The summed E-state index contributed by atoms with van der Waals surface area (Å²) in [4.78, 5) is 11.1. The molecule has 0 atom stereocenters. The molecule has 3 rings (SSSR count). The van der Waals surface area contributed by atoms with E-state index < -0.39 is 0 Å². The van der Waals surface area contributed by atoms with Gasteiger partial charge < -0.3 is 10.6 Å². The average Bonchev–Trinajstić information content (AvgIpc) is 2.45. The lowest BCUT2D eigenvalue weighted by atomic mass is 9.99. The van der Waals surface area contributed by atoms with Gasteiger partial charge in [-0.2, -0.15) is 0 Å². The quantitative estimate of drug-likeness (QED) is 0.909. The summed E-state index contributed by atoms with van der Waals surface area (Å²) >= 11 is 0. The van der Waals surface area contributed by atoms with E-state index in [9.17, 15) is 0 Å². The van der Waals surface area contributed by atoms with Crippen molar-refractivity contribution in [1.82, 2.24) is 9.97 Å². The van der Waals surface area contributed by atoms with Crippen LogP contribution in [-0.2, 0) is 12.8 Å². The smallest absolute Gasteiger partial charge is 0.138 e. The Morgan fingerprint density at radius 2 is 2.10 bits per heavy atom. The summed E-state index contributed by atoms with van der Waals surface area (Å²) in [6.45, 7) is 5.17. The molecule has 0 bridgehead atoms. The number of nitrogens with zero attached hydrogens (tertiary/aromatic N) is 3. The second-order valence-electron chi connectivity index (χ2n) is 5.31. The fraction of sp³-hybridized carbons (Fsp3) is 0.375. The monoisotopic (exact) mass is 268 g/mol. The molecular weight excluding hydrogens is 248 g/mol. The molecule has 0 aliphatic carbocycles. The summed E-state index contributed by atoms with van der Waals surface area (Å²) in [5.74, 6) is 2.27. The highest BCUT2D eigenvalue weighted by Gasteiger charge is 2.20. The Hall–Kier alpha value is -2.10. The number of hydrogen-bond donors (Lipinski definition) is 1. The Morgan fingerprint density at radius 3 is 2.90 bits per heavy atom. The summed E-state index contributed by atoms with van der Waals surface area (Å²) in [5, 5.41) is 0. The van der Waals surface area contributed by atoms with Gasteiger partial charge >= 0.3 is 0 Å². The maximum Gasteiger partial charge on any atom is 0.138 e. The van der Waals surface area contributed by atoms with Crippen LogP contribution >= 0.6 is 0 Å². The van der Waals surface area contributed by atoms with Gasteiger partial charge in [0, 0.05) is 24.7 Å². The molecule has 4 heteroatoms. The van der Waals surface area contributed by atoms with Crippen LogP contribution in [0.4, 0.5) is 17.3 Å². The largest absolute Gasteiger partial charge is 0.384 e. The third-order valence-electron chi connectivity index (χ3n) is 3.73. The van der Waals surface area contributed by atoms with Gasteiger partial charge in [-0.15, -0.1) is 0 Å². The average molecular weight is 268 g/mol. The lowest BCUT2D eigenvalue weighted by molar-refractivity contribution is 0.754. The van der Waals surface area contributed by atoms with Crippen LogP contribution in [0.2, 0.25) is 0 Å². The second-order valence-corrected chi connectivity index (χ2v) is 5.31. The van der Waals surface area contributed by atoms with Crippen molar-refractivity contribution in [3.05, 3.63) is 41.2 Å². The molecule has 0 radical (unpaired) electrons. The first-order valence-electron chi connectivity index (χ1n) is 7.18. The lowest BCUT2D eigenvalue weighted by Gasteiger charge is -2.31. The van der Waals surface area contributed by atoms with Crippen molar-refractivity contribution in [2.24, 2.45) is 0 Å². The van der Waals surface area contributed by atoms with E-state index >= 15 is 0 Å². The highest BCUT2D eigenvalue weighted by molar-refractivity contribution is 5.67. The molecular formula is C16H20N4. The van der Waals surface area contributed by atoms with Crippen molar-refractivity contribution in [1.29, 1.82) is 0 Å². The number of aromatic nitrogens is 2. The molecule has 1 aromatic heterocycles. The zero-order chi connectivity index (χ0) is 14.1. The molecule has 0 saturated carbocycles. The van der Waals surface area contributed by atoms with Crippen molar-refractivity contribution in [2.45, 2.75) is 33.1 Å². The summed E-state index contributed by atoms with van der Waals surface area (Å²) < 4.78 is 0. The van der Waals surface area contributed by atoms with Gasteiger partial charge in [0.2, 0.25) is 0 Å². The predicted molar refractivity (Wildman–Crippen MR) is 82.3 cm³/mol. The van der Waals surface area contributed by atoms with Crippen LogP contribution < -0.4 is 10.6 Å². The molecule has 2 heterocycles. The lowest BCUT2D eigenvalue weighted by Crippen LogP contribution is -2.26. The molecule has 0 fully saturated rings. The number of aryl methyl sites for hydroxylation is 3. The van der Waals surface area contributed by atoms with Crippen molar-refractivity contribution in [3.8, 4) is 0 Å². The van der Waals surface area contributed by atoms with Crippen molar-refractivity contribution in [3.63, 3.8) is 0 Å². The summed E-state index contributed by atoms with van der Waals surface area (Å²) in [7, 11) is 0. The van der Waals surface area contributed by atoms with Crippen LogP contribution in [0.1, 0.15) is 30.3 Å². The molecule has 1 aromatic carbocycles. The number of hydrogen-bond acceptors (Lipinski definition) is 4. The molecule has 0 saturated heterocycles. The van der Waals surface area contributed by atoms with E-state index in [0.29, 0.717) is 5.82 Å². The predicted octanol–water partition coefficient (Wildman–Crippen LogP) is 3.01. The van der Waals surface area contributed by atoms with Crippen LogP contribution in [0.3, 0.4) is 0 Å². The highest BCUT2D eigenvalue weighted by Crippen LogP contribution is 2.33. The molecule has 4 nitrogen and oxygen atoms in total. The first kappa shape index (κ1) is 12.9. The zero-order valence-corrected chi connectivity index (χ0v) is 12.1. The highest BCUT2D eigenvalue weighted by atomic mass is 15.2. The van der Waals surface area contributed by atoms with Gasteiger partial charge in [0.05, 0.1) is 0 Å². The minimum absolute atomic E-state index is 0.547. The van der Waals surface area contributed by atoms with Crippen molar-refractivity contribution < 1.29 is 0 Å². The molecule has 0 spiro atoms. The van der Waals surface area contributed by atoms with Gasteiger partial charge in [-0.3, -0.25) is 0 Å². The molecule has 2 N–H and O–H groups in total. The maximum absolute atomic E-state index is 5.91. The van der Waals surface area contributed by atoms with Crippen LogP contribution in [0, 0.1) is 6.92 Å². The first-order valence-corrected chi connectivity index (χ1v) is 7.18. The first-order chi connectivity index (χ1) is 9.67. The standard InChI is InChI=1S/C16H20N4/c1-3-15-18-14(17)10-16(19-15)20-8-4-5-12-9-11(2)6-7-13(12)20/h6-7,9-10H,3-5,8H2,1-2H3,(H2,17,18,19). The number of nitrogens with two attached hydrogens (primary N) is 1. The van der Waals surface area contributed by atoms with Crippen molar-refractivity contribution >= 4 is 17.3 Å². The SMILES string of the molecule is CCc1nc(N)cc(N2CCCc3cc(C)ccc32)n1. The van der Waals surface area contributed by atoms with Crippen LogP contribution in [0.25, 0.3) is 0 Å². The normalized spacial score (nSPS) is 14.2. The third-order valence-corrected chi connectivity index (χ3v) is 3.73. The van der Waals surface area contributed by atoms with Crippen LogP contribution in [0.5, 0.6) is 0 Å². The topological polar surface area (TPSA) is 55.0 Å². The Labute approximate surface area is 119 Å². The Morgan fingerprint density at radius 1 is 1.25 bits per heavy atom. The van der Waals surface area contributed by atoms with Gasteiger partial charge in [-0.1, -0.05) is 24.6 Å². The molecule has 0 amide bonds. The van der Waals surface area contributed by atoms with Crippen LogP contribution in [-0.4, -0.2) is 16.5 Å². The van der Waals surface area contributed by atoms with Gasteiger partial charge in [0.15, 0.2) is 0 Å². The molecule has 104 valence electrons. The van der Waals surface area contributed by atoms with E-state index in [4.69, 9.17) is 5.73 Å². The minimum Gasteiger partial charge on any atom is -0.384 e. The maximum atomic E-state index is 5.91. The van der Waals surface area contributed by atoms with E-state index in [-0.39, 0.29) is 0 Å². The van der Waals surface area contributed by atoms with E-state index in [0.717, 1.165) is 37.4 Å². The van der Waals surface area contributed by atoms with E-state index in [1.165, 1.54) is 16.8 Å². The number of nitrogen functional groups attached to an aromatic ring is 1. The van der Waals surface area contributed by atoms with Gasteiger partial charge in [0.1, 0.15) is 17.5 Å². The molecule has 0 unspecified atom stereocenters. The van der Waals surface area contributed by atoms with Crippen molar-refractivity contribution in [2.75, 3.05) is 17.2 Å². The van der Waals surface area contributed by atoms with E-state index in [2.05, 4.69) is 40.0 Å². The molecule has 1 aliphatic heterocycles. The Balaban J connectivity index is 2.06. The number of rotatable bonds is 2. The Kier molecular flexibility index (Phi) is 3.30. The van der Waals surface area contributed by atoms with Crippen LogP contribution in [0.15, 0.2) is 24.3 Å². The van der Waals surface area contributed by atoms with E-state index in [1.807, 2.05) is 13.0 Å². The molecule has 20 heavy (non-hydrogen) atoms. The zero-order valence-electron chi connectivity index (χ0n) is 12.1.